The molecule has 0 bridgehead atoms. The summed E-state index contributed by atoms with van der Waals surface area (Å²) in [5, 5.41) is 0. The maximum absolute atomic E-state index is 13.5. The standard InChI is InChI=1S/C26H29FN2O3/c1-3-32-22-12-8-20(9-13-22)23-24(28-15-4-5-18(2)17-28)26(31)29(25(23)30)16-14-19-6-10-21(27)11-7-19/h6-13,18H,3-5,14-17H2,1-2H3. The van der Waals surface area contributed by atoms with Crippen molar-refractivity contribution in [1.29, 1.82) is 0 Å². The van der Waals surface area contributed by atoms with E-state index in [4.69, 9.17) is 4.74 Å². The lowest BCUT2D eigenvalue weighted by Crippen LogP contribution is -2.39. The molecule has 1 unspecified atom stereocenters. The topological polar surface area (TPSA) is 49.9 Å². The van der Waals surface area contributed by atoms with Gasteiger partial charge in [-0.3, -0.25) is 14.5 Å². The summed E-state index contributed by atoms with van der Waals surface area (Å²) in [7, 11) is 0. The highest BCUT2D eigenvalue weighted by atomic mass is 19.1. The first-order valence-corrected chi connectivity index (χ1v) is 11.3. The van der Waals surface area contributed by atoms with E-state index in [1.165, 1.54) is 17.0 Å². The molecule has 1 saturated heterocycles. The van der Waals surface area contributed by atoms with Gasteiger partial charge in [0.1, 0.15) is 17.3 Å². The van der Waals surface area contributed by atoms with Crippen LogP contribution in [0.3, 0.4) is 0 Å². The fourth-order valence-corrected chi connectivity index (χ4v) is 4.49. The number of nitrogens with zero attached hydrogens (tertiary/aromatic N) is 2. The molecule has 0 spiro atoms. The van der Waals surface area contributed by atoms with Crippen LogP contribution >= 0.6 is 0 Å². The molecule has 1 atom stereocenters. The van der Waals surface area contributed by atoms with Crippen molar-refractivity contribution >= 4 is 17.4 Å². The Labute approximate surface area is 188 Å². The van der Waals surface area contributed by atoms with E-state index in [1.54, 1.807) is 12.1 Å². The van der Waals surface area contributed by atoms with Gasteiger partial charge in [-0.2, -0.15) is 0 Å². The van der Waals surface area contributed by atoms with Crippen LogP contribution in [-0.4, -0.2) is 47.9 Å². The van der Waals surface area contributed by atoms with Gasteiger partial charge in [0, 0.05) is 19.6 Å². The lowest BCUT2D eigenvalue weighted by Gasteiger charge is -2.33. The first-order valence-electron chi connectivity index (χ1n) is 11.3. The maximum Gasteiger partial charge on any atom is 0.277 e. The molecule has 2 heterocycles. The number of imide groups is 1. The number of amides is 2. The Bertz CT molecular complexity index is 1010. The van der Waals surface area contributed by atoms with E-state index in [-0.39, 0.29) is 24.2 Å². The molecule has 5 nitrogen and oxygen atoms in total. The van der Waals surface area contributed by atoms with Crippen LogP contribution in [0.5, 0.6) is 5.75 Å². The summed E-state index contributed by atoms with van der Waals surface area (Å²) in [6.45, 7) is 6.46. The van der Waals surface area contributed by atoms with E-state index in [0.717, 1.165) is 42.8 Å². The zero-order valence-corrected chi connectivity index (χ0v) is 18.6. The average molecular weight is 437 g/mol. The molecule has 2 aromatic carbocycles. The predicted molar refractivity (Wildman–Crippen MR) is 121 cm³/mol. The number of piperidine rings is 1. The van der Waals surface area contributed by atoms with Crippen LogP contribution in [0.2, 0.25) is 0 Å². The van der Waals surface area contributed by atoms with Crippen LogP contribution < -0.4 is 4.74 Å². The van der Waals surface area contributed by atoms with Gasteiger partial charge in [-0.05, 0) is 67.5 Å². The molecule has 2 aliphatic heterocycles. The van der Waals surface area contributed by atoms with Crippen molar-refractivity contribution in [3.63, 3.8) is 0 Å². The summed E-state index contributed by atoms with van der Waals surface area (Å²) >= 11 is 0. The van der Waals surface area contributed by atoms with Crippen molar-refractivity contribution in [2.45, 2.75) is 33.1 Å². The lowest BCUT2D eigenvalue weighted by molar-refractivity contribution is -0.137. The quantitative estimate of drug-likeness (QED) is 0.608. The molecule has 2 aliphatic rings. The second kappa shape index (κ2) is 9.55. The SMILES string of the molecule is CCOc1ccc(C2=C(N3CCCC(C)C3)C(=O)N(CCc3ccc(F)cc3)C2=O)cc1. The van der Waals surface area contributed by atoms with Gasteiger partial charge in [-0.1, -0.05) is 31.2 Å². The van der Waals surface area contributed by atoms with Crippen molar-refractivity contribution in [3.05, 3.63) is 71.2 Å². The fraction of sp³-hybridized carbons (Fsp3) is 0.385. The minimum Gasteiger partial charge on any atom is -0.494 e. The summed E-state index contributed by atoms with van der Waals surface area (Å²) < 4.78 is 18.7. The highest BCUT2D eigenvalue weighted by Crippen LogP contribution is 2.34. The smallest absolute Gasteiger partial charge is 0.277 e. The third-order valence-corrected chi connectivity index (χ3v) is 6.11. The van der Waals surface area contributed by atoms with Gasteiger partial charge < -0.3 is 9.64 Å². The second-order valence-corrected chi connectivity index (χ2v) is 8.51. The average Bonchev–Trinajstić information content (AvgIpc) is 3.04. The maximum atomic E-state index is 13.5. The summed E-state index contributed by atoms with van der Waals surface area (Å²) in [5.74, 6) is 0.386. The van der Waals surface area contributed by atoms with E-state index in [2.05, 4.69) is 11.8 Å². The fourth-order valence-electron chi connectivity index (χ4n) is 4.49. The Balaban J connectivity index is 1.63. The zero-order valence-electron chi connectivity index (χ0n) is 18.6. The number of halogens is 1. The number of carbonyl (C=O) groups excluding carboxylic acids is 2. The largest absolute Gasteiger partial charge is 0.494 e. The van der Waals surface area contributed by atoms with Gasteiger partial charge in [0.2, 0.25) is 0 Å². The van der Waals surface area contributed by atoms with Crippen molar-refractivity contribution in [2.75, 3.05) is 26.2 Å². The number of hydrogen-bond acceptors (Lipinski definition) is 4. The van der Waals surface area contributed by atoms with Gasteiger partial charge in [-0.25, -0.2) is 4.39 Å². The molecule has 32 heavy (non-hydrogen) atoms. The Kier molecular flexibility index (Phi) is 6.58. The number of hydrogen-bond donors (Lipinski definition) is 0. The molecule has 0 aliphatic carbocycles. The molecular weight excluding hydrogens is 407 g/mol. The molecule has 6 heteroatoms. The Hall–Kier alpha value is -3.15. The van der Waals surface area contributed by atoms with Gasteiger partial charge in [0.15, 0.2) is 0 Å². The second-order valence-electron chi connectivity index (χ2n) is 8.51. The lowest BCUT2D eigenvalue weighted by atomic mass is 9.97. The van der Waals surface area contributed by atoms with Gasteiger partial charge in [-0.15, -0.1) is 0 Å². The molecule has 0 saturated carbocycles. The molecule has 0 N–H and O–H groups in total. The number of benzene rings is 2. The van der Waals surface area contributed by atoms with Crippen LogP contribution in [0.15, 0.2) is 54.2 Å². The van der Waals surface area contributed by atoms with Crippen molar-refractivity contribution in [1.82, 2.24) is 9.80 Å². The monoisotopic (exact) mass is 436 g/mol. The molecule has 2 amide bonds. The first kappa shape index (κ1) is 22.1. The molecule has 4 rings (SSSR count). The predicted octanol–water partition coefficient (Wildman–Crippen LogP) is 4.28. The minimum absolute atomic E-state index is 0.241. The molecule has 0 radical (unpaired) electrons. The summed E-state index contributed by atoms with van der Waals surface area (Å²) in [6.07, 6.45) is 2.61. The Morgan fingerprint density at radius 3 is 2.41 bits per heavy atom. The molecule has 0 aromatic heterocycles. The Morgan fingerprint density at radius 1 is 1.03 bits per heavy atom. The van der Waals surface area contributed by atoms with E-state index >= 15 is 0 Å². The van der Waals surface area contributed by atoms with Crippen molar-refractivity contribution in [2.24, 2.45) is 5.92 Å². The Morgan fingerprint density at radius 2 is 1.75 bits per heavy atom. The van der Waals surface area contributed by atoms with Gasteiger partial charge >= 0.3 is 0 Å². The molecule has 168 valence electrons. The number of ether oxygens (including phenoxy) is 1. The van der Waals surface area contributed by atoms with E-state index in [1.807, 2.05) is 31.2 Å². The normalized spacial score (nSPS) is 19.2. The highest BCUT2D eigenvalue weighted by molar-refractivity contribution is 6.35. The summed E-state index contributed by atoms with van der Waals surface area (Å²) in [4.78, 5) is 30.4. The molecule has 1 fully saturated rings. The summed E-state index contributed by atoms with van der Waals surface area (Å²) in [5.41, 5.74) is 2.58. The van der Waals surface area contributed by atoms with Crippen molar-refractivity contribution < 1.29 is 18.7 Å². The van der Waals surface area contributed by atoms with Gasteiger partial charge in [0.25, 0.3) is 11.8 Å². The van der Waals surface area contributed by atoms with E-state index in [0.29, 0.717) is 30.2 Å². The van der Waals surface area contributed by atoms with Gasteiger partial charge in [0.05, 0.1) is 12.2 Å². The molecule has 2 aromatic rings. The van der Waals surface area contributed by atoms with Crippen molar-refractivity contribution in [3.8, 4) is 5.75 Å². The third kappa shape index (κ3) is 4.54. The minimum atomic E-state index is -0.303. The number of rotatable bonds is 7. The van der Waals surface area contributed by atoms with Crippen LogP contribution in [0.25, 0.3) is 5.57 Å². The van der Waals surface area contributed by atoms with Crippen LogP contribution in [-0.2, 0) is 16.0 Å². The highest BCUT2D eigenvalue weighted by Gasteiger charge is 2.42. The van der Waals surface area contributed by atoms with Crippen LogP contribution in [0, 0.1) is 11.7 Å². The number of likely N-dealkylation sites (tertiary alicyclic amines) is 1. The van der Waals surface area contributed by atoms with E-state index < -0.39 is 0 Å². The first-order chi connectivity index (χ1) is 15.5. The van der Waals surface area contributed by atoms with E-state index in [9.17, 15) is 14.0 Å². The molecular formula is C26H29FN2O3. The number of carbonyl (C=O) groups is 2. The third-order valence-electron chi connectivity index (χ3n) is 6.11. The van der Waals surface area contributed by atoms with Crippen LogP contribution in [0.1, 0.15) is 37.8 Å². The zero-order chi connectivity index (χ0) is 22.7. The van der Waals surface area contributed by atoms with Crippen LogP contribution in [0.4, 0.5) is 4.39 Å². The summed E-state index contributed by atoms with van der Waals surface area (Å²) in [6, 6.07) is 13.5.